The Kier molecular flexibility index (Phi) is 9.26. The molecule has 2 aliphatic rings. The van der Waals surface area contributed by atoms with Crippen molar-refractivity contribution in [3.8, 4) is 0 Å². The number of carbonyl (C=O) groups excluding carboxylic acids is 2. The van der Waals surface area contributed by atoms with Crippen LogP contribution in [-0.4, -0.2) is 144 Å². The normalized spacial score (nSPS) is 45.0. The summed E-state index contributed by atoms with van der Waals surface area (Å²) in [5, 5.41) is 71.1. The molecule has 2 heterocycles. The van der Waals surface area contributed by atoms with Crippen LogP contribution in [0.4, 0.5) is 0 Å². The topological polar surface area (TPSA) is 218 Å². The smallest absolute Gasteiger partial charge is 0.547 e. The fraction of sp³-hybridized carbons (Fsp3) is 0.846. The zero-order valence-corrected chi connectivity index (χ0v) is 16.2. The number of hydrogen-bond donors (Lipinski definition) is 5. The Labute approximate surface area is 182 Å². The average Bonchev–Trinajstić information content (AvgIpc) is 2.58. The van der Waals surface area contributed by atoms with E-state index >= 15 is 0 Å². The predicted molar refractivity (Wildman–Crippen MR) is 75.0 cm³/mol. The number of aliphatic hydroxyl groups excluding tert-OH is 5. The first kappa shape index (κ1) is 24.9. The van der Waals surface area contributed by atoms with Gasteiger partial charge in [0, 0.05) is 7.11 Å². The van der Waals surface area contributed by atoms with Gasteiger partial charge >= 0.3 is 37.7 Å². The molecule has 0 saturated carbocycles. The van der Waals surface area contributed by atoms with Crippen LogP contribution >= 0.6 is 0 Å². The first-order valence-corrected chi connectivity index (χ1v) is 7.41. The van der Waals surface area contributed by atoms with Gasteiger partial charge in [0.2, 0.25) is 0 Å². The molecule has 2 rings (SSSR count). The molecular weight excluding hydrogens is 404 g/mol. The van der Waals surface area contributed by atoms with E-state index in [0.717, 1.165) is 7.11 Å². The zero-order chi connectivity index (χ0) is 19.8. The number of methoxy groups -OCH3 is 1. The molecule has 0 bridgehead atoms. The van der Waals surface area contributed by atoms with Crippen molar-refractivity contribution in [3.05, 3.63) is 0 Å². The number of hydrogen-bond acceptors (Lipinski definition) is 13. The van der Waals surface area contributed by atoms with E-state index < -0.39 is 73.4 Å². The Morgan fingerprint density at radius 2 is 1.30 bits per heavy atom. The van der Waals surface area contributed by atoms with Gasteiger partial charge in [-0.3, -0.25) is 0 Å². The number of carbonyl (C=O) groups is 2. The Morgan fingerprint density at radius 1 is 0.815 bits per heavy atom. The second-order valence-electron chi connectivity index (χ2n) is 5.77. The molecule has 13 nitrogen and oxygen atoms in total. The summed E-state index contributed by atoms with van der Waals surface area (Å²) < 4.78 is 19.3. The molecule has 0 aromatic heterocycles. The van der Waals surface area contributed by atoms with Crippen molar-refractivity contribution in [1.29, 1.82) is 0 Å². The third-order valence-electron chi connectivity index (χ3n) is 4.14. The SMILES string of the molecule is CO[C@H]1[C@H](O)[C@H](O)[C@H](O[C@H]2[C@H](O)[C@H](O)[C@H](O)O[C@@H]2C(=O)[O-])O[C@H]1C(=O)[O-].[Ca+2]. The molecule has 10 atom stereocenters. The van der Waals surface area contributed by atoms with Crippen molar-refractivity contribution in [1.82, 2.24) is 0 Å². The largest absolute Gasteiger partial charge is 2.00 e. The predicted octanol–water partition coefficient (Wildman–Crippen LogP) is -7.61. The van der Waals surface area contributed by atoms with Crippen molar-refractivity contribution in [2.45, 2.75) is 61.4 Å². The van der Waals surface area contributed by atoms with Crippen LogP contribution in [-0.2, 0) is 28.5 Å². The number of aliphatic hydroxyl groups is 5. The molecule has 0 amide bonds. The maximum absolute atomic E-state index is 11.1. The van der Waals surface area contributed by atoms with E-state index in [1.54, 1.807) is 0 Å². The molecule has 0 aliphatic carbocycles. The minimum absolute atomic E-state index is 0. The molecule has 0 unspecified atom stereocenters. The molecule has 0 radical (unpaired) electrons. The van der Waals surface area contributed by atoms with E-state index in [1.807, 2.05) is 0 Å². The van der Waals surface area contributed by atoms with Gasteiger partial charge in [-0.2, -0.15) is 0 Å². The second kappa shape index (κ2) is 10.0. The molecule has 14 heteroatoms. The monoisotopic (exact) mass is 422 g/mol. The van der Waals surface area contributed by atoms with Crippen molar-refractivity contribution in [2.24, 2.45) is 0 Å². The van der Waals surface area contributed by atoms with Gasteiger partial charge in [0.05, 0.1) is 11.9 Å². The van der Waals surface area contributed by atoms with Gasteiger partial charge in [0.1, 0.15) is 48.8 Å². The van der Waals surface area contributed by atoms with E-state index in [-0.39, 0.29) is 37.7 Å². The summed E-state index contributed by atoms with van der Waals surface area (Å²) in [4.78, 5) is 22.3. The zero-order valence-electron chi connectivity index (χ0n) is 14.0. The van der Waals surface area contributed by atoms with Crippen LogP contribution in [0.25, 0.3) is 0 Å². The standard InChI is InChI=1S/C13H20O13.Ca/c1-23-6-3(15)5(17)13(26-8(6)10(18)19)25-7-2(14)4(16)12(22)24-9(7)11(20)21;/h2-9,12-17,22H,1H3,(H,18,19)(H,20,21);/q;+2/p-2/t2-,3-,4+,5+,6+,7+,8-,9+,12-,13-;/m1./s1. The van der Waals surface area contributed by atoms with Gasteiger partial charge in [0.25, 0.3) is 0 Å². The maximum atomic E-state index is 11.1. The van der Waals surface area contributed by atoms with E-state index in [2.05, 4.69) is 4.74 Å². The fourth-order valence-corrected chi connectivity index (χ4v) is 2.75. The first-order valence-electron chi connectivity index (χ1n) is 7.41. The van der Waals surface area contributed by atoms with Crippen molar-refractivity contribution >= 4 is 49.7 Å². The number of ether oxygens (including phenoxy) is 4. The van der Waals surface area contributed by atoms with E-state index in [1.165, 1.54) is 0 Å². The van der Waals surface area contributed by atoms with Crippen molar-refractivity contribution < 1.29 is 64.3 Å². The van der Waals surface area contributed by atoms with Crippen LogP contribution in [0, 0.1) is 0 Å². The molecule has 2 aliphatic heterocycles. The summed E-state index contributed by atoms with van der Waals surface area (Å²) in [6.07, 6.45) is -19.3. The Bertz CT molecular complexity index is 532. The molecule has 150 valence electrons. The van der Waals surface area contributed by atoms with Crippen LogP contribution in [0.2, 0.25) is 0 Å². The Morgan fingerprint density at radius 3 is 1.78 bits per heavy atom. The minimum atomic E-state index is -2.10. The maximum Gasteiger partial charge on any atom is 2.00 e. The van der Waals surface area contributed by atoms with Crippen LogP contribution in [0.15, 0.2) is 0 Å². The van der Waals surface area contributed by atoms with E-state index in [0.29, 0.717) is 0 Å². The number of aliphatic carboxylic acids is 2. The molecule has 0 aromatic carbocycles. The van der Waals surface area contributed by atoms with Crippen LogP contribution < -0.4 is 10.2 Å². The van der Waals surface area contributed by atoms with Gasteiger partial charge in [-0.15, -0.1) is 0 Å². The van der Waals surface area contributed by atoms with Gasteiger partial charge in [0.15, 0.2) is 12.6 Å². The Hall–Kier alpha value is -0.160. The summed E-state index contributed by atoms with van der Waals surface area (Å²) in [6.45, 7) is 0. The number of carboxylic acids is 2. The van der Waals surface area contributed by atoms with Crippen molar-refractivity contribution in [3.63, 3.8) is 0 Å². The summed E-state index contributed by atoms with van der Waals surface area (Å²) in [5.41, 5.74) is 0. The average molecular weight is 422 g/mol. The first-order chi connectivity index (χ1) is 12.1. The molecule has 2 fully saturated rings. The number of carboxylic acid groups (broad SMARTS) is 2. The summed E-state index contributed by atoms with van der Waals surface area (Å²) in [7, 11) is 1.05. The van der Waals surface area contributed by atoms with Gasteiger partial charge in [-0.1, -0.05) is 0 Å². The van der Waals surface area contributed by atoms with Gasteiger partial charge < -0.3 is 64.3 Å². The quantitative estimate of drug-likeness (QED) is 0.260. The van der Waals surface area contributed by atoms with Gasteiger partial charge in [-0.05, 0) is 0 Å². The molecule has 0 aromatic rings. The molecular formula is C13H18CaO13. The Balaban J connectivity index is 0.00000364. The molecule has 27 heavy (non-hydrogen) atoms. The third-order valence-corrected chi connectivity index (χ3v) is 4.14. The number of rotatable bonds is 5. The van der Waals surface area contributed by atoms with E-state index in [9.17, 15) is 45.3 Å². The van der Waals surface area contributed by atoms with Crippen LogP contribution in [0.1, 0.15) is 0 Å². The van der Waals surface area contributed by atoms with Gasteiger partial charge in [-0.25, -0.2) is 0 Å². The van der Waals surface area contributed by atoms with Crippen molar-refractivity contribution in [2.75, 3.05) is 7.11 Å². The minimum Gasteiger partial charge on any atom is -0.547 e. The van der Waals surface area contributed by atoms with Crippen LogP contribution in [0.5, 0.6) is 0 Å². The molecule has 5 N–H and O–H groups in total. The third kappa shape index (κ3) is 5.07. The molecule has 2 saturated heterocycles. The summed E-state index contributed by atoms with van der Waals surface area (Å²) in [6, 6.07) is 0. The molecule has 0 spiro atoms. The second-order valence-corrected chi connectivity index (χ2v) is 5.77. The summed E-state index contributed by atoms with van der Waals surface area (Å²) >= 11 is 0. The van der Waals surface area contributed by atoms with Crippen LogP contribution in [0.3, 0.4) is 0 Å². The van der Waals surface area contributed by atoms with E-state index in [4.69, 9.17) is 14.2 Å². The fourth-order valence-electron chi connectivity index (χ4n) is 2.75. The summed E-state index contributed by atoms with van der Waals surface area (Å²) in [5.74, 6) is -3.75.